The van der Waals surface area contributed by atoms with Crippen LogP contribution in [0.3, 0.4) is 0 Å². The average Bonchev–Trinajstić information content (AvgIpc) is 3.22. The summed E-state index contributed by atoms with van der Waals surface area (Å²) in [5.41, 5.74) is 5.21. The van der Waals surface area contributed by atoms with Gasteiger partial charge in [-0.1, -0.05) is 36.4 Å². The maximum Gasteiger partial charge on any atom is 0.251 e. The number of benzene rings is 3. The van der Waals surface area contributed by atoms with Gasteiger partial charge < -0.3 is 10.1 Å². The van der Waals surface area contributed by atoms with Crippen molar-refractivity contribution in [3.63, 3.8) is 0 Å². The molecule has 0 saturated carbocycles. The molecule has 0 bridgehead atoms. The molecule has 5 aromatic rings. The van der Waals surface area contributed by atoms with Crippen LogP contribution in [-0.4, -0.2) is 20.4 Å². The lowest BCUT2D eigenvalue weighted by Gasteiger charge is -2.10. The number of carbonyl (C=O) groups excluding carboxylic acids is 1. The summed E-state index contributed by atoms with van der Waals surface area (Å²) in [7, 11) is 0. The number of ether oxygens (including phenoxy) is 1. The lowest BCUT2D eigenvalue weighted by Crippen LogP contribution is -2.23. The minimum atomic E-state index is -0.153. The van der Waals surface area contributed by atoms with Gasteiger partial charge in [-0.2, -0.15) is 0 Å². The van der Waals surface area contributed by atoms with Crippen LogP contribution in [0.5, 0.6) is 5.75 Å². The van der Waals surface area contributed by atoms with E-state index in [0.717, 1.165) is 39.6 Å². The van der Waals surface area contributed by atoms with Crippen molar-refractivity contribution in [1.82, 2.24) is 19.9 Å². The van der Waals surface area contributed by atoms with Gasteiger partial charge in [-0.05, 0) is 67.1 Å². The number of aromatic nitrogens is 3. The Bertz CT molecular complexity index is 1410. The largest absolute Gasteiger partial charge is 0.489 e. The van der Waals surface area contributed by atoms with Crippen LogP contribution < -0.4 is 10.1 Å². The van der Waals surface area contributed by atoms with Gasteiger partial charge in [0, 0.05) is 17.4 Å². The molecule has 1 amide bonds. The normalized spacial score (nSPS) is 10.9. The van der Waals surface area contributed by atoms with Crippen LogP contribution in [-0.2, 0) is 13.2 Å². The first-order valence-electron chi connectivity index (χ1n) is 11.1. The maximum absolute atomic E-state index is 12.6. The van der Waals surface area contributed by atoms with Gasteiger partial charge in [-0.15, -0.1) is 0 Å². The lowest BCUT2D eigenvalue weighted by atomic mass is 10.2. The molecule has 1 N–H and O–H groups in total. The Morgan fingerprint density at radius 3 is 2.50 bits per heavy atom. The zero-order valence-corrected chi connectivity index (χ0v) is 18.8. The molecular weight excluding hydrogens is 424 g/mol. The molecule has 2 heterocycles. The predicted molar refractivity (Wildman–Crippen MR) is 132 cm³/mol. The first kappa shape index (κ1) is 21.4. The number of carbonyl (C=O) groups is 1. The van der Waals surface area contributed by atoms with Crippen molar-refractivity contribution in [2.24, 2.45) is 0 Å². The molecule has 0 aliphatic carbocycles. The summed E-state index contributed by atoms with van der Waals surface area (Å²) >= 11 is 0. The highest BCUT2D eigenvalue weighted by molar-refractivity contribution is 5.97. The summed E-state index contributed by atoms with van der Waals surface area (Å²) in [4.78, 5) is 21.6. The molecule has 6 nitrogen and oxygen atoms in total. The van der Waals surface area contributed by atoms with Crippen LogP contribution in [0.2, 0.25) is 0 Å². The maximum atomic E-state index is 12.6. The first-order valence-corrected chi connectivity index (χ1v) is 11.1. The number of rotatable bonds is 7. The zero-order valence-electron chi connectivity index (χ0n) is 18.8. The van der Waals surface area contributed by atoms with Gasteiger partial charge in [0.15, 0.2) is 0 Å². The van der Waals surface area contributed by atoms with Crippen molar-refractivity contribution in [3.05, 3.63) is 120 Å². The van der Waals surface area contributed by atoms with Crippen molar-refractivity contribution in [1.29, 1.82) is 0 Å². The number of hydrogen-bond acceptors (Lipinski definition) is 4. The molecule has 0 radical (unpaired) electrons. The smallest absolute Gasteiger partial charge is 0.251 e. The quantitative estimate of drug-likeness (QED) is 0.370. The minimum absolute atomic E-state index is 0.153. The number of pyridine rings is 1. The Hall–Kier alpha value is -4.45. The fourth-order valence-corrected chi connectivity index (χ4v) is 3.88. The van der Waals surface area contributed by atoms with Gasteiger partial charge in [0.1, 0.15) is 18.2 Å². The Labute approximate surface area is 197 Å². The van der Waals surface area contributed by atoms with Crippen molar-refractivity contribution < 1.29 is 9.53 Å². The van der Waals surface area contributed by atoms with Gasteiger partial charge >= 0.3 is 0 Å². The Morgan fingerprint density at radius 2 is 1.74 bits per heavy atom. The molecule has 5 rings (SSSR count). The molecule has 6 heteroatoms. The molecule has 0 fully saturated rings. The van der Waals surface area contributed by atoms with E-state index in [1.54, 1.807) is 6.20 Å². The number of nitrogens with one attached hydrogen (secondary N) is 1. The topological polar surface area (TPSA) is 69.0 Å². The third kappa shape index (κ3) is 4.66. The summed E-state index contributed by atoms with van der Waals surface area (Å²) in [6.45, 7) is 2.86. The van der Waals surface area contributed by atoms with Gasteiger partial charge in [0.05, 0.1) is 23.3 Å². The highest BCUT2D eigenvalue weighted by atomic mass is 16.5. The second-order valence-corrected chi connectivity index (χ2v) is 7.97. The van der Waals surface area contributed by atoms with Crippen LogP contribution in [0, 0.1) is 6.92 Å². The van der Waals surface area contributed by atoms with Gasteiger partial charge in [0.2, 0.25) is 0 Å². The fraction of sp³-hybridized carbons (Fsp3) is 0.107. The molecule has 168 valence electrons. The van der Waals surface area contributed by atoms with E-state index in [2.05, 4.69) is 19.9 Å². The van der Waals surface area contributed by atoms with Crippen molar-refractivity contribution >= 4 is 16.9 Å². The van der Waals surface area contributed by atoms with Gasteiger partial charge in [0.25, 0.3) is 5.91 Å². The van der Waals surface area contributed by atoms with E-state index < -0.39 is 0 Å². The Balaban J connectivity index is 1.32. The van der Waals surface area contributed by atoms with E-state index in [0.29, 0.717) is 18.7 Å². The highest BCUT2D eigenvalue weighted by Crippen LogP contribution is 2.24. The van der Waals surface area contributed by atoms with E-state index in [-0.39, 0.29) is 5.91 Å². The molecular formula is C28H24N4O2. The monoisotopic (exact) mass is 448 g/mol. The van der Waals surface area contributed by atoms with Crippen LogP contribution >= 0.6 is 0 Å². The fourth-order valence-electron chi connectivity index (χ4n) is 3.88. The SMILES string of the molecule is Cc1nc2cc(C(=O)NCc3ccccn3)ccc2n1-c1ccc(OCc2ccccc2)cc1. The average molecular weight is 449 g/mol. The summed E-state index contributed by atoms with van der Waals surface area (Å²) in [5, 5.41) is 2.91. The van der Waals surface area contributed by atoms with Crippen molar-refractivity contribution in [2.45, 2.75) is 20.1 Å². The van der Waals surface area contributed by atoms with Crippen LogP contribution in [0.25, 0.3) is 16.7 Å². The lowest BCUT2D eigenvalue weighted by molar-refractivity contribution is 0.0950. The van der Waals surface area contributed by atoms with E-state index >= 15 is 0 Å². The Kier molecular flexibility index (Phi) is 6.03. The number of nitrogens with zero attached hydrogens (tertiary/aromatic N) is 3. The first-order chi connectivity index (χ1) is 16.7. The van der Waals surface area contributed by atoms with Crippen LogP contribution in [0.1, 0.15) is 27.4 Å². The summed E-state index contributed by atoms with van der Waals surface area (Å²) in [6.07, 6.45) is 1.71. The van der Waals surface area contributed by atoms with Crippen molar-refractivity contribution in [3.8, 4) is 11.4 Å². The number of imidazole rings is 1. The van der Waals surface area contributed by atoms with E-state index in [4.69, 9.17) is 4.74 Å². The molecule has 0 unspecified atom stereocenters. The second kappa shape index (κ2) is 9.58. The standard InChI is InChI=1S/C28H24N4O2/c1-20-31-26-17-22(28(33)30-18-23-9-5-6-16-29-23)10-15-27(26)32(20)24-11-13-25(14-12-24)34-19-21-7-3-2-4-8-21/h2-17H,18-19H2,1H3,(H,30,33). The van der Waals surface area contributed by atoms with E-state index in [9.17, 15) is 4.79 Å². The molecule has 2 aromatic heterocycles. The highest BCUT2D eigenvalue weighted by Gasteiger charge is 2.13. The summed E-state index contributed by atoms with van der Waals surface area (Å²) in [5.74, 6) is 1.50. The number of aryl methyl sites for hydroxylation is 1. The minimum Gasteiger partial charge on any atom is -0.489 e. The number of fused-ring (bicyclic) bond motifs is 1. The van der Waals surface area contributed by atoms with Gasteiger partial charge in [-0.25, -0.2) is 4.98 Å². The summed E-state index contributed by atoms with van der Waals surface area (Å²) < 4.78 is 7.98. The van der Waals surface area contributed by atoms with E-state index in [1.807, 2.05) is 97.9 Å². The van der Waals surface area contributed by atoms with Crippen LogP contribution in [0.4, 0.5) is 0 Å². The van der Waals surface area contributed by atoms with Crippen LogP contribution in [0.15, 0.2) is 97.2 Å². The molecule has 0 atom stereocenters. The third-order valence-corrected chi connectivity index (χ3v) is 5.58. The second-order valence-electron chi connectivity index (χ2n) is 7.97. The molecule has 0 saturated heterocycles. The molecule has 3 aromatic carbocycles. The molecule has 0 aliphatic rings. The summed E-state index contributed by atoms with van der Waals surface area (Å²) in [6, 6.07) is 29.3. The molecule has 0 aliphatic heterocycles. The zero-order chi connectivity index (χ0) is 23.3. The van der Waals surface area contributed by atoms with E-state index in [1.165, 1.54) is 0 Å². The Morgan fingerprint density at radius 1 is 0.941 bits per heavy atom. The number of hydrogen-bond donors (Lipinski definition) is 1. The third-order valence-electron chi connectivity index (χ3n) is 5.58. The molecule has 34 heavy (non-hydrogen) atoms. The number of amides is 1. The van der Waals surface area contributed by atoms with Gasteiger partial charge in [-0.3, -0.25) is 14.3 Å². The predicted octanol–water partition coefficient (Wildman–Crippen LogP) is 5.24. The molecule has 0 spiro atoms. The van der Waals surface area contributed by atoms with Crippen molar-refractivity contribution in [2.75, 3.05) is 0 Å².